The molecule has 1 amide bonds. The van der Waals surface area contributed by atoms with E-state index in [0.717, 1.165) is 18.4 Å². The van der Waals surface area contributed by atoms with Gasteiger partial charge in [-0.05, 0) is 25.0 Å². The molecule has 3 rings (SSSR count). The number of aromatic amines is 1. The summed E-state index contributed by atoms with van der Waals surface area (Å²) in [6.45, 7) is 0.701. The van der Waals surface area contributed by atoms with Crippen LogP contribution in [0.5, 0.6) is 0 Å². The molecule has 0 radical (unpaired) electrons. The molecule has 1 N–H and O–H groups in total. The number of carbonyl (C=O) groups is 1. The third-order valence-electron chi connectivity index (χ3n) is 2.99. The van der Waals surface area contributed by atoms with Crippen LogP contribution in [0.3, 0.4) is 0 Å². The normalized spacial score (nSPS) is 16.0. The Bertz CT molecular complexity index is 551. The molecular weight excluding hydrogens is 230 g/mol. The van der Waals surface area contributed by atoms with Crippen LogP contribution in [0, 0.1) is 0 Å². The Morgan fingerprint density at radius 1 is 1.22 bits per heavy atom. The first-order valence-electron chi connectivity index (χ1n) is 5.98. The Morgan fingerprint density at radius 3 is 2.83 bits per heavy atom. The third-order valence-corrected chi connectivity index (χ3v) is 2.99. The molecule has 0 atom stereocenters. The maximum atomic E-state index is 11.8. The molecule has 0 aliphatic carbocycles. The van der Waals surface area contributed by atoms with E-state index in [1.54, 1.807) is 17.3 Å². The largest absolute Gasteiger partial charge is 0.279 e. The van der Waals surface area contributed by atoms with E-state index in [0.29, 0.717) is 24.7 Å². The second kappa shape index (κ2) is 4.56. The molecule has 0 spiro atoms. The molecule has 2 aromatic heterocycles. The molecule has 18 heavy (non-hydrogen) atoms. The van der Waals surface area contributed by atoms with Gasteiger partial charge in [0.15, 0.2) is 5.82 Å². The lowest BCUT2D eigenvalue weighted by Gasteiger charge is -2.22. The van der Waals surface area contributed by atoms with E-state index in [2.05, 4.69) is 20.2 Å². The third kappa shape index (κ3) is 1.97. The standard InChI is InChI=1S/C12H13N5O/c18-10-3-1-2-8-17(10)12-14-11(15-16-12)9-4-6-13-7-5-9/h4-7H,1-3,8H2,(H,14,15,16). The van der Waals surface area contributed by atoms with Crippen LogP contribution in [0.1, 0.15) is 19.3 Å². The van der Waals surface area contributed by atoms with Crippen LogP contribution < -0.4 is 4.90 Å². The van der Waals surface area contributed by atoms with Crippen molar-refractivity contribution in [2.75, 3.05) is 11.4 Å². The molecule has 0 unspecified atom stereocenters. The zero-order chi connectivity index (χ0) is 12.4. The fourth-order valence-electron chi connectivity index (χ4n) is 2.03. The fourth-order valence-corrected chi connectivity index (χ4v) is 2.03. The van der Waals surface area contributed by atoms with Crippen molar-refractivity contribution in [3.8, 4) is 11.4 Å². The first-order valence-corrected chi connectivity index (χ1v) is 5.98. The van der Waals surface area contributed by atoms with Crippen molar-refractivity contribution in [2.45, 2.75) is 19.3 Å². The van der Waals surface area contributed by atoms with E-state index in [1.807, 2.05) is 12.1 Å². The van der Waals surface area contributed by atoms with Gasteiger partial charge >= 0.3 is 0 Å². The van der Waals surface area contributed by atoms with Crippen molar-refractivity contribution in [1.29, 1.82) is 0 Å². The molecule has 1 saturated heterocycles. The molecule has 1 aliphatic heterocycles. The summed E-state index contributed by atoms with van der Waals surface area (Å²) in [6.07, 6.45) is 5.94. The van der Waals surface area contributed by atoms with Crippen molar-refractivity contribution in [3.05, 3.63) is 24.5 Å². The lowest BCUT2D eigenvalue weighted by Crippen LogP contribution is -2.35. The summed E-state index contributed by atoms with van der Waals surface area (Å²) in [7, 11) is 0. The first kappa shape index (κ1) is 10.9. The van der Waals surface area contributed by atoms with Gasteiger partial charge in [0.2, 0.25) is 5.91 Å². The number of hydrogen-bond donors (Lipinski definition) is 1. The average molecular weight is 243 g/mol. The maximum absolute atomic E-state index is 11.8. The molecule has 2 aromatic rings. The Labute approximate surface area is 104 Å². The van der Waals surface area contributed by atoms with Gasteiger partial charge in [-0.1, -0.05) is 0 Å². The van der Waals surface area contributed by atoms with Crippen molar-refractivity contribution >= 4 is 11.9 Å². The Morgan fingerprint density at radius 2 is 2.06 bits per heavy atom. The van der Waals surface area contributed by atoms with E-state index in [-0.39, 0.29) is 5.91 Å². The molecule has 3 heterocycles. The van der Waals surface area contributed by atoms with Gasteiger partial charge < -0.3 is 0 Å². The minimum Gasteiger partial charge on any atom is -0.279 e. The molecule has 1 fully saturated rings. The number of rotatable bonds is 2. The number of aromatic nitrogens is 4. The van der Waals surface area contributed by atoms with Crippen LogP contribution in [-0.4, -0.2) is 32.6 Å². The van der Waals surface area contributed by atoms with Gasteiger partial charge in [-0.15, -0.1) is 5.10 Å². The molecule has 1 aliphatic rings. The number of hydrogen-bond acceptors (Lipinski definition) is 4. The number of H-pyrrole nitrogens is 1. The van der Waals surface area contributed by atoms with Crippen molar-refractivity contribution in [1.82, 2.24) is 20.2 Å². The molecular formula is C12H13N5O. The van der Waals surface area contributed by atoms with Crippen molar-refractivity contribution < 1.29 is 4.79 Å². The second-order valence-electron chi connectivity index (χ2n) is 4.22. The number of pyridine rings is 1. The summed E-state index contributed by atoms with van der Waals surface area (Å²) in [6, 6.07) is 3.70. The Hall–Kier alpha value is -2.24. The van der Waals surface area contributed by atoms with Crippen LogP contribution in [0.15, 0.2) is 24.5 Å². The van der Waals surface area contributed by atoms with Gasteiger partial charge in [0.1, 0.15) is 0 Å². The minimum absolute atomic E-state index is 0.0986. The van der Waals surface area contributed by atoms with Gasteiger partial charge in [-0.3, -0.25) is 19.8 Å². The van der Waals surface area contributed by atoms with Crippen LogP contribution in [-0.2, 0) is 4.79 Å². The van der Waals surface area contributed by atoms with Crippen LogP contribution >= 0.6 is 0 Å². The lowest BCUT2D eigenvalue weighted by atomic mass is 10.1. The highest BCUT2D eigenvalue weighted by Crippen LogP contribution is 2.20. The zero-order valence-electron chi connectivity index (χ0n) is 9.83. The Kier molecular flexibility index (Phi) is 2.76. The first-order chi connectivity index (χ1) is 8.84. The van der Waals surface area contributed by atoms with Crippen molar-refractivity contribution in [2.24, 2.45) is 0 Å². The monoisotopic (exact) mass is 243 g/mol. The summed E-state index contributed by atoms with van der Waals surface area (Å²) < 4.78 is 0. The molecule has 92 valence electrons. The zero-order valence-corrected chi connectivity index (χ0v) is 9.83. The molecule has 0 bridgehead atoms. The summed E-state index contributed by atoms with van der Waals surface area (Å²) in [5.74, 6) is 1.22. The highest BCUT2D eigenvalue weighted by Gasteiger charge is 2.23. The summed E-state index contributed by atoms with van der Waals surface area (Å²) in [5, 5.41) is 6.97. The van der Waals surface area contributed by atoms with Crippen molar-refractivity contribution in [3.63, 3.8) is 0 Å². The highest BCUT2D eigenvalue weighted by atomic mass is 16.2. The summed E-state index contributed by atoms with van der Waals surface area (Å²) in [4.78, 5) is 21.7. The predicted octanol–water partition coefficient (Wildman–Crippen LogP) is 1.38. The number of nitrogens with one attached hydrogen (secondary N) is 1. The van der Waals surface area contributed by atoms with Crippen LogP contribution in [0.4, 0.5) is 5.95 Å². The summed E-state index contributed by atoms with van der Waals surface area (Å²) >= 11 is 0. The fraction of sp³-hybridized carbons (Fsp3) is 0.333. The number of nitrogens with zero attached hydrogens (tertiary/aromatic N) is 4. The van der Waals surface area contributed by atoms with Gasteiger partial charge in [0, 0.05) is 30.9 Å². The summed E-state index contributed by atoms with van der Waals surface area (Å²) in [5.41, 5.74) is 0.910. The molecule has 0 saturated carbocycles. The topological polar surface area (TPSA) is 74.8 Å². The minimum atomic E-state index is 0.0986. The number of amides is 1. The van der Waals surface area contributed by atoms with E-state index in [9.17, 15) is 4.79 Å². The van der Waals surface area contributed by atoms with Gasteiger partial charge in [0.25, 0.3) is 5.95 Å². The van der Waals surface area contributed by atoms with Crippen LogP contribution in [0.2, 0.25) is 0 Å². The predicted molar refractivity (Wildman–Crippen MR) is 65.8 cm³/mol. The molecule has 0 aromatic carbocycles. The Balaban J connectivity index is 1.87. The van der Waals surface area contributed by atoms with Gasteiger partial charge in [-0.25, -0.2) is 0 Å². The maximum Gasteiger partial charge on any atom is 0.251 e. The second-order valence-corrected chi connectivity index (χ2v) is 4.22. The highest BCUT2D eigenvalue weighted by molar-refractivity contribution is 5.92. The number of piperidine rings is 1. The van der Waals surface area contributed by atoms with Gasteiger partial charge in [-0.2, -0.15) is 4.98 Å². The molecule has 6 nitrogen and oxygen atoms in total. The average Bonchev–Trinajstić information content (AvgIpc) is 2.90. The quantitative estimate of drug-likeness (QED) is 0.864. The van der Waals surface area contributed by atoms with Crippen LogP contribution in [0.25, 0.3) is 11.4 Å². The number of anilines is 1. The molecule has 6 heteroatoms. The smallest absolute Gasteiger partial charge is 0.251 e. The van der Waals surface area contributed by atoms with E-state index >= 15 is 0 Å². The van der Waals surface area contributed by atoms with E-state index in [1.165, 1.54) is 0 Å². The number of carbonyl (C=O) groups excluding carboxylic acids is 1. The van der Waals surface area contributed by atoms with E-state index in [4.69, 9.17) is 0 Å². The lowest BCUT2D eigenvalue weighted by molar-refractivity contribution is -0.119. The van der Waals surface area contributed by atoms with E-state index < -0.39 is 0 Å². The van der Waals surface area contributed by atoms with Gasteiger partial charge in [0.05, 0.1) is 0 Å². The SMILES string of the molecule is O=C1CCCCN1c1n[nH]c(-c2ccncc2)n1.